The Hall–Kier alpha value is -0.510. The van der Waals surface area contributed by atoms with Crippen LogP contribution in [0, 0.1) is 0 Å². The molecule has 1 aromatic rings. The highest BCUT2D eigenvalue weighted by molar-refractivity contribution is 9.10. The number of methoxy groups -OCH3 is 1. The Balaban J connectivity index is 2.18. The van der Waals surface area contributed by atoms with Crippen molar-refractivity contribution in [3.63, 3.8) is 0 Å². The minimum Gasteiger partial charge on any atom is -0.392 e. The minimum atomic E-state index is -3.70. The van der Waals surface area contributed by atoms with E-state index < -0.39 is 15.6 Å². The maximum Gasteiger partial charge on any atom is 0.241 e. The fourth-order valence-corrected chi connectivity index (χ4v) is 4.24. The van der Waals surface area contributed by atoms with Crippen molar-refractivity contribution in [1.29, 1.82) is 0 Å². The molecule has 21 heavy (non-hydrogen) atoms. The summed E-state index contributed by atoms with van der Waals surface area (Å²) in [6.45, 7) is 0.844. The van der Waals surface area contributed by atoms with Gasteiger partial charge >= 0.3 is 0 Å². The molecular formula is C13H18BrNO5S. The molecule has 2 rings (SSSR count). The fourth-order valence-electron chi connectivity index (χ4n) is 2.12. The molecule has 1 heterocycles. The quantitative estimate of drug-likeness (QED) is 0.770. The lowest BCUT2D eigenvalue weighted by molar-refractivity contribution is -0.0120. The van der Waals surface area contributed by atoms with Gasteiger partial charge in [0.2, 0.25) is 10.0 Å². The molecule has 1 aliphatic heterocycles. The maximum atomic E-state index is 12.4. The van der Waals surface area contributed by atoms with Crippen molar-refractivity contribution >= 4 is 26.0 Å². The smallest absolute Gasteiger partial charge is 0.241 e. The number of halogens is 1. The van der Waals surface area contributed by atoms with Gasteiger partial charge in [-0.25, -0.2) is 13.1 Å². The van der Waals surface area contributed by atoms with Crippen molar-refractivity contribution in [3.8, 4) is 0 Å². The van der Waals surface area contributed by atoms with Gasteiger partial charge in [0.25, 0.3) is 0 Å². The van der Waals surface area contributed by atoms with Crippen molar-refractivity contribution in [2.24, 2.45) is 0 Å². The fraction of sp³-hybridized carbons (Fsp3) is 0.538. The summed E-state index contributed by atoms with van der Waals surface area (Å²) in [5.74, 6) is 0. The van der Waals surface area contributed by atoms with Crippen molar-refractivity contribution in [3.05, 3.63) is 28.2 Å². The molecule has 118 valence electrons. The number of ether oxygens (including phenoxy) is 2. The zero-order valence-corrected chi connectivity index (χ0v) is 14.0. The van der Waals surface area contributed by atoms with Gasteiger partial charge in [-0.15, -0.1) is 0 Å². The number of nitrogens with one attached hydrogen (secondary N) is 1. The first-order chi connectivity index (χ1) is 9.92. The van der Waals surface area contributed by atoms with Crippen molar-refractivity contribution in [1.82, 2.24) is 4.72 Å². The van der Waals surface area contributed by atoms with E-state index in [0.29, 0.717) is 29.7 Å². The van der Waals surface area contributed by atoms with Crippen LogP contribution in [-0.4, -0.2) is 46.0 Å². The summed E-state index contributed by atoms with van der Waals surface area (Å²) in [5.41, 5.74) is -0.0852. The predicted molar refractivity (Wildman–Crippen MR) is 80.4 cm³/mol. The summed E-state index contributed by atoms with van der Waals surface area (Å²) >= 11 is 3.22. The Morgan fingerprint density at radius 2 is 2.29 bits per heavy atom. The van der Waals surface area contributed by atoms with E-state index in [1.807, 2.05) is 0 Å². The number of hydrogen-bond acceptors (Lipinski definition) is 5. The molecular weight excluding hydrogens is 362 g/mol. The monoisotopic (exact) mass is 379 g/mol. The van der Waals surface area contributed by atoms with Crippen LogP contribution in [0.15, 0.2) is 27.6 Å². The first-order valence-electron chi connectivity index (χ1n) is 6.44. The SMILES string of the molecule is COC1(CNS(=O)(=O)c2cc(CO)ccc2Br)CCOC1. The van der Waals surface area contributed by atoms with Crippen LogP contribution in [0.1, 0.15) is 12.0 Å². The number of hydrogen-bond donors (Lipinski definition) is 2. The molecule has 0 aliphatic carbocycles. The lowest BCUT2D eigenvalue weighted by Crippen LogP contribution is -2.45. The molecule has 0 radical (unpaired) electrons. The first kappa shape index (κ1) is 16.9. The standard InChI is InChI=1S/C13H18BrNO5S/c1-19-13(4-5-20-9-13)8-15-21(17,18)12-6-10(7-16)2-3-11(12)14/h2-3,6,15-16H,4-5,7-9H2,1H3. The van der Waals surface area contributed by atoms with Crippen LogP contribution in [0.5, 0.6) is 0 Å². The van der Waals surface area contributed by atoms with Crippen LogP contribution in [-0.2, 0) is 26.1 Å². The summed E-state index contributed by atoms with van der Waals surface area (Å²) in [4.78, 5) is 0.0965. The molecule has 8 heteroatoms. The van der Waals surface area contributed by atoms with Crippen LogP contribution < -0.4 is 4.72 Å². The molecule has 0 amide bonds. The van der Waals surface area contributed by atoms with Crippen LogP contribution in [0.2, 0.25) is 0 Å². The lowest BCUT2D eigenvalue weighted by atomic mass is 10.0. The van der Waals surface area contributed by atoms with E-state index in [0.717, 1.165) is 0 Å². The van der Waals surface area contributed by atoms with Gasteiger partial charge in [-0.05, 0) is 33.6 Å². The Morgan fingerprint density at radius 3 is 2.86 bits per heavy atom. The maximum absolute atomic E-state index is 12.4. The van der Waals surface area contributed by atoms with Gasteiger partial charge in [0.05, 0.1) is 18.1 Å². The average Bonchev–Trinajstić information content (AvgIpc) is 2.95. The molecule has 1 fully saturated rings. The predicted octanol–water partition coefficient (Wildman–Crippen LogP) is 1.03. The Kier molecular flexibility index (Phi) is 5.39. The van der Waals surface area contributed by atoms with E-state index in [4.69, 9.17) is 14.6 Å². The minimum absolute atomic E-state index is 0.0965. The van der Waals surface area contributed by atoms with Crippen molar-refractivity contribution in [2.75, 3.05) is 26.9 Å². The van der Waals surface area contributed by atoms with Gasteiger partial charge in [0, 0.05) is 31.2 Å². The number of aliphatic hydroxyl groups is 1. The van der Waals surface area contributed by atoms with Crippen LogP contribution in [0.25, 0.3) is 0 Å². The normalized spacial score (nSPS) is 22.6. The van der Waals surface area contributed by atoms with Crippen molar-refractivity contribution in [2.45, 2.75) is 23.5 Å². The molecule has 1 atom stereocenters. The molecule has 0 bridgehead atoms. The largest absolute Gasteiger partial charge is 0.392 e. The van der Waals surface area contributed by atoms with Crippen LogP contribution >= 0.6 is 15.9 Å². The second-order valence-electron chi connectivity index (χ2n) is 4.94. The van der Waals surface area contributed by atoms with E-state index in [2.05, 4.69) is 20.7 Å². The third kappa shape index (κ3) is 3.82. The van der Waals surface area contributed by atoms with E-state index >= 15 is 0 Å². The molecule has 1 aromatic carbocycles. The molecule has 1 saturated heterocycles. The molecule has 1 aliphatic rings. The number of aliphatic hydroxyl groups excluding tert-OH is 1. The van der Waals surface area contributed by atoms with Gasteiger partial charge in [-0.3, -0.25) is 0 Å². The van der Waals surface area contributed by atoms with E-state index in [9.17, 15) is 8.42 Å². The third-order valence-electron chi connectivity index (χ3n) is 3.55. The highest BCUT2D eigenvalue weighted by Gasteiger charge is 2.36. The van der Waals surface area contributed by atoms with Gasteiger partial charge in [-0.2, -0.15) is 0 Å². The summed E-state index contributed by atoms with van der Waals surface area (Å²) in [5, 5.41) is 9.13. The van der Waals surface area contributed by atoms with Gasteiger partial charge < -0.3 is 14.6 Å². The van der Waals surface area contributed by atoms with E-state index in [1.165, 1.54) is 6.07 Å². The first-order valence-corrected chi connectivity index (χ1v) is 8.72. The highest BCUT2D eigenvalue weighted by Crippen LogP contribution is 2.25. The summed E-state index contributed by atoms with van der Waals surface area (Å²) in [7, 11) is -2.16. The number of sulfonamides is 1. The Morgan fingerprint density at radius 1 is 1.52 bits per heavy atom. The highest BCUT2D eigenvalue weighted by atomic mass is 79.9. The van der Waals surface area contributed by atoms with Crippen LogP contribution in [0.3, 0.4) is 0 Å². The summed E-state index contributed by atoms with van der Waals surface area (Å²) in [6.07, 6.45) is 0.643. The molecule has 0 spiro atoms. The van der Waals surface area contributed by atoms with Gasteiger partial charge in [0.15, 0.2) is 0 Å². The number of rotatable bonds is 6. The second kappa shape index (κ2) is 6.72. The lowest BCUT2D eigenvalue weighted by Gasteiger charge is -2.25. The third-order valence-corrected chi connectivity index (χ3v) is 5.95. The Bertz CT molecular complexity index is 599. The number of benzene rings is 1. The van der Waals surface area contributed by atoms with Gasteiger partial charge in [0.1, 0.15) is 5.60 Å². The average molecular weight is 380 g/mol. The van der Waals surface area contributed by atoms with Gasteiger partial charge in [-0.1, -0.05) is 6.07 Å². The molecule has 2 N–H and O–H groups in total. The van der Waals surface area contributed by atoms with E-state index in [-0.39, 0.29) is 18.0 Å². The molecule has 0 aromatic heterocycles. The molecule has 6 nitrogen and oxygen atoms in total. The Labute approximate surface area is 132 Å². The molecule has 1 unspecified atom stereocenters. The summed E-state index contributed by atoms with van der Waals surface area (Å²) in [6, 6.07) is 4.70. The molecule has 0 saturated carbocycles. The summed E-state index contributed by atoms with van der Waals surface area (Å²) < 4.78 is 38.5. The van der Waals surface area contributed by atoms with Crippen LogP contribution in [0.4, 0.5) is 0 Å². The van der Waals surface area contributed by atoms with E-state index in [1.54, 1.807) is 19.2 Å². The second-order valence-corrected chi connectivity index (χ2v) is 7.53. The zero-order valence-electron chi connectivity index (χ0n) is 11.6. The zero-order chi connectivity index (χ0) is 15.5. The van der Waals surface area contributed by atoms with Crippen molar-refractivity contribution < 1.29 is 23.0 Å². The topological polar surface area (TPSA) is 84.9 Å².